The van der Waals surface area contributed by atoms with E-state index in [1.54, 1.807) is 24.1 Å². The molecule has 0 radical (unpaired) electrons. The maximum Gasteiger partial charge on any atom is 0.410 e. The van der Waals surface area contributed by atoms with E-state index in [2.05, 4.69) is 4.98 Å². The molecule has 2 amide bonds. The summed E-state index contributed by atoms with van der Waals surface area (Å²) in [6.45, 7) is 5.32. The molecule has 0 bridgehead atoms. The van der Waals surface area contributed by atoms with E-state index >= 15 is 0 Å². The number of likely N-dealkylation sites (tertiary alicyclic amines) is 1. The highest BCUT2D eigenvalue weighted by Crippen LogP contribution is 2.31. The van der Waals surface area contributed by atoms with Crippen LogP contribution in [0.15, 0.2) is 16.9 Å². The lowest BCUT2D eigenvalue weighted by atomic mass is 9.92. The van der Waals surface area contributed by atoms with Crippen LogP contribution in [0, 0.1) is 0 Å². The Bertz CT molecular complexity index is 727. The fraction of sp³-hybridized carbons (Fsp3) is 0.588. The standard InChI is InChI=1S/C17H23N3O4/c1-11(2)13-6-5-12(14(21)18-13)15(22)20-8-4-7-17(10-20)9-19(3)16(23)24-17/h5-6,11H,4,7-10H2,1-3H3,(H,18,21)/t17-/m1/s1. The highest BCUT2D eigenvalue weighted by Gasteiger charge is 2.47. The quantitative estimate of drug-likeness (QED) is 0.890. The highest BCUT2D eigenvalue weighted by molar-refractivity contribution is 5.94. The monoisotopic (exact) mass is 333 g/mol. The first kappa shape index (κ1) is 16.5. The molecule has 7 nitrogen and oxygen atoms in total. The van der Waals surface area contributed by atoms with Gasteiger partial charge in [-0.25, -0.2) is 4.79 Å². The van der Waals surface area contributed by atoms with Crippen LogP contribution in [0.1, 0.15) is 48.7 Å². The lowest BCUT2D eigenvalue weighted by Crippen LogP contribution is -2.53. The molecule has 3 heterocycles. The molecule has 1 aromatic rings. The number of nitrogens with zero attached hydrogens (tertiary/aromatic N) is 2. The molecule has 2 saturated heterocycles. The number of rotatable bonds is 2. The number of amides is 2. The third-order valence-electron chi connectivity index (χ3n) is 4.75. The molecule has 0 aliphatic carbocycles. The molecule has 3 rings (SSSR count). The van der Waals surface area contributed by atoms with E-state index in [-0.39, 0.29) is 29.0 Å². The van der Waals surface area contributed by atoms with E-state index in [0.29, 0.717) is 19.6 Å². The first-order chi connectivity index (χ1) is 11.3. The number of hydrogen-bond donors (Lipinski definition) is 1. The van der Waals surface area contributed by atoms with Crippen molar-refractivity contribution < 1.29 is 14.3 Å². The van der Waals surface area contributed by atoms with Crippen molar-refractivity contribution >= 4 is 12.0 Å². The van der Waals surface area contributed by atoms with Crippen LogP contribution < -0.4 is 5.56 Å². The first-order valence-electron chi connectivity index (χ1n) is 8.28. The molecule has 2 aliphatic rings. The number of aromatic amines is 1. The Morgan fingerprint density at radius 2 is 2.04 bits per heavy atom. The van der Waals surface area contributed by atoms with Gasteiger partial charge in [0.15, 0.2) is 0 Å². The van der Waals surface area contributed by atoms with Crippen molar-refractivity contribution in [2.24, 2.45) is 0 Å². The van der Waals surface area contributed by atoms with Gasteiger partial charge in [-0.3, -0.25) is 9.59 Å². The number of pyridine rings is 1. The number of carbonyl (C=O) groups excluding carboxylic acids is 2. The van der Waals surface area contributed by atoms with Gasteiger partial charge in [-0.1, -0.05) is 13.8 Å². The summed E-state index contributed by atoms with van der Waals surface area (Å²) < 4.78 is 5.51. The third kappa shape index (κ3) is 2.90. The largest absolute Gasteiger partial charge is 0.439 e. The molecule has 1 atom stereocenters. The molecule has 130 valence electrons. The van der Waals surface area contributed by atoms with Crippen LogP contribution >= 0.6 is 0 Å². The summed E-state index contributed by atoms with van der Waals surface area (Å²) in [6, 6.07) is 3.37. The number of ether oxygens (including phenoxy) is 1. The molecule has 1 N–H and O–H groups in total. The van der Waals surface area contributed by atoms with Gasteiger partial charge in [-0.15, -0.1) is 0 Å². The average Bonchev–Trinajstić information content (AvgIpc) is 2.80. The van der Waals surface area contributed by atoms with Crippen molar-refractivity contribution in [1.29, 1.82) is 0 Å². The second-order valence-electron chi connectivity index (χ2n) is 7.05. The Morgan fingerprint density at radius 1 is 1.29 bits per heavy atom. The fourth-order valence-corrected chi connectivity index (χ4v) is 3.44. The van der Waals surface area contributed by atoms with E-state index < -0.39 is 5.60 Å². The summed E-state index contributed by atoms with van der Waals surface area (Å²) in [5.74, 6) is -0.121. The SMILES string of the molecule is CC(C)c1ccc(C(=O)N2CCC[C@@]3(CN(C)C(=O)O3)C2)c(=O)[nH]1. The maximum atomic E-state index is 12.8. The predicted octanol–water partition coefficient (Wildman–Crippen LogP) is 1.56. The third-order valence-corrected chi connectivity index (χ3v) is 4.75. The number of nitrogens with one attached hydrogen (secondary N) is 1. The number of piperidine rings is 1. The molecule has 0 aromatic carbocycles. The van der Waals surface area contributed by atoms with Crippen LogP contribution in [-0.4, -0.2) is 59.1 Å². The minimum Gasteiger partial charge on any atom is -0.439 e. The van der Waals surface area contributed by atoms with Crippen molar-refractivity contribution in [3.8, 4) is 0 Å². The van der Waals surface area contributed by atoms with Crippen molar-refractivity contribution in [3.05, 3.63) is 33.7 Å². The Hall–Kier alpha value is -2.31. The molecule has 2 fully saturated rings. The summed E-state index contributed by atoms with van der Waals surface area (Å²) in [4.78, 5) is 42.6. The molecule has 0 unspecified atom stereocenters. The normalized spacial score (nSPS) is 23.9. The first-order valence-corrected chi connectivity index (χ1v) is 8.28. The molecule has 1 spiro atoms. The summed E-state index contributed by atoms with van der Waals surface area (Å²) in [5.41, 5.74) is -0.0804. The minimum atomic E-state index is -0.648. The van der Waals surface area contributed by atoms with Crippen LogP contribution in [0.25, 0.3) is 0 Å². The van der Waals surface area contributed by atoms with Gasteiger partial charge >= 0.3 is 6.09 Å². The van der Waals surface area contributed by atoms with E-state index in [4.69, 9.17) is 4.74 Å². The zero-order valence-corrected chi connectivity index (χ0v) is 14.3. The number of aromatic nitrogens is 1. The Balaban J connectivity index is 1.80. The number of H-pyrrole nitrogens is 1. The molecule has 2 aliphatic heterocycles. The number of hydrogen-bond acceptors (Lipinski definition) is 4. The van der Waals surface area contributed by atoms with Crippen LogP contribution in [0.5, 0.6) is 0 Å². The summed E-state index contributed by atoms with van der Waals surface area (Å²) >= 11 is 0. The maximum absolute atomic E-state index is 12.8. The van der Waals surface area contributed by atoms with Crippen LogP contribution in [0.3, 0.4) is 0 Å². The molecular formula is C17H23N3O4. The minimum absolute atomic E-state index is 0.133. The highest BCUT2D eigenvalue weighted by atomic mass is 16.6. The lowest BCUT2D eigenvalue weighted by molar-refractivity contribution is -0.00528. The molecule has 7 heteroatoms. The van der Waals surface area contributed by atoms with Gasteiger partial charge in [0.2, 0.25) is 0 Å². The molecule has 24 heavy (non-hydrogen) atoms. The van der Waals surface area contributed by atoms with Gasteiger partial charge < -0.3 is 19.5 Å². The van der Waals surface area contributed by atoms with Crippen molar-refractivity contribution in [1.82, 2.24) is 14.8 Å². The van der Waals surface area contributed by atoms with Gasteiger partial charge in [-0.05, 0) is 30.9 Å². The van der Waals surface area contributed by atoms with Crippen molar-refractivity contribution in [3.63, 3.8) is 0 Å². The van der Waals surface area contributed by atoms with E-state index in [1.165, 1.54) is 4.90 Å². The Labute approximate surface area is 140 Å². The summed E-state index contributed by atoms with van der Waals surface area (Å²) in [7, 11) is 1.69. The van der Waals surface area contributed by atoms with Gasteiger partial charge in [0, 0.05) is 19.3 Å². The summed E-state index contributed by atoms with van der Waals surface area (Å²) in [6.07, 6.45) is 1.12. The fourth-order valence-electron chi connectivity index (χ4n) is 3.44. The second kappa shape index (κ2) is 5.96. The van der Waals surface area contributed by atoms with Gasteiger partial charge in [0.05, 0.1) is 13.1 Å². The van der Waals surface area contributed by atoms with Crippen molar-refractivity contribution in [2.45, 2.75) is 38.2 Å². The van der Waals surface area contributed by atoms with Gasteiger partial charge in [-0.2, -0.15) is 0 Å². The van der Waals surface area contributed by atoms with Gasteiger partial charge in [0.1, 0.15) is 11.2 Å². The zero-order chi connectivity index (χ0) is 17.5. The van der Waals surface area contributed by atoms with Gasteiger partial charge in [0.25, 0.3) is 11.5 Å². The number of likely N-dealkylation sites (N-methyl/N-ethyl adjacent to an activating group) is 1. The average molecular weight is 333 g/mol. The smallest absolute Gasteiger partial charge is 0.410 e. The molecule has 0 saturated carbocycles. The second-order valence-corrected chi connectivity index (χ2v) is 7.05. The molecule has 1 aromatic heterocycles. The zero-order valence-electron chi connectivity index (χ0n) is 14.3. The predicted molar refractivity (Wildman–Crippen MR) is 88.1 cm³/mol. The van der Waals surface area contributed by atoms with Crippen molar-refractivity contribution in [2.75, 3.05) is 26.7 Å². The van der Waals surface area contributed by atoms with Crippen LogP contribution in [-0.2, 0) is 4.74 Å². The van der Waals surface area contributed by atoms with Crippen LogP contribution in [0.2, 0.25) is 0 Å². The van der Waals surface area contributed by atoms with E-state index in [9.17, 15) is 14.4 Å². The van der Waals surface area contributed by atoms with E-state index in [0.717, 1.165) is 18.5 Å². The lowest BCUT2D eigenvalue weighted by Gasteiger charge is -2.38. The number of carbonyl (C=O) groups is 2. The van der Waals surface area contributed by atoms with E-state index in [1.807, 2.05) is 13.8 Å². The summed E-state index contributed by atoms with van der Waals surface area (Å²) in [5, 5.41) is 0. The van der Waals surface area contributed by atoms with Crippen LogP contribution in [0.4, 0.5) is 4.79 Å². The Kier molecular flexibility index (Phi) is 4.11. The topological polar surface area (TPSA) is 82.7 Å². The molecular weight excluding hydrogens is 310 g/mol. The Morgan fingerprint density at radius 3 is 2.62 bits per heavy atom.